The van der Waals surface area contributed by atoms with Gasteiger partial charge in [-0.25, -0.2) is 4.98 Å². The number of carbonyl (C=O) groups excluding carboxylic acids is 1. The lowest BCUT2D eigenvalue weighted by molar-refractivity contribution is -0.143. The Bertz CT molecular complexity index is 495. The van der Waals surface area contributed by atoms with Crippen molar-refractivity contribution in [1.82, 2.24) is 14.8 Å². The van der Waals surface area contributed by atoms with E-state index in [1.54, 1.807) is 18.4 Å². The Hall–Kier alpha value is -1.02. The van der Waals surface area contributed by atoms with Crippen molar-refractivity contribution in [3.05, 3.63) is 16.1 Å². The van der Waals surface area contributed by atoms with Gasteiger partial charge in [0.05, 0.1) is 23.9 Å². The molecular weight excluding hydrogens is 314 g/mol. The molecule has 7 heteroatoms. The van der Waals surface area contributed by atoms with Crippen LogP contribution in [-0.2, 0) is 20.8 Å². The van der Waals surface area contributed by atoms with Gasteiger partial charge >= 0.3 is 0 Å². The topological polar surface area (TPSA) is 54.9 Å². The second-order valence-corrected chi connectivity index (χ2v) is 6.88. The molecule has 0 bridgehead atoms. The predicted octanol–water partition coefficient (Wildman–Crippen LogP) is 1.54. The Morgan fingerprint density at radius 3 is 2.87 bits per heavy atom. The molecule has 1 aromatic rings. The lowest BCUT2D eigenvalue weighted by Gasteiger charge is -2.24. The number of aromatic nitrogens is 1. The number of carbonyl (C=O) groups is 1. The van der Waals surface area contributed by atoms with Crippen LogP contribution in [0.25, 0.3) is 0 Å². The maximum absolute atomic E-state index is 12.4. The van der Waals surface area contributed by atoms with Crippen molar-refractivity contribution in [2.75, 3.05) is 46.5 Å². The van der Waals surface area contributed by atoms with E-state index in [0.29, 0.717) is 13.2 Å². The van der Waals surface area contributed by atoms with Crippen molar-refractivity contribution in [3.8, 4) is 0 Å². The Balaban J connectivity index is 1.79. The molecule has 23 heavy (non-hydrogen) atoms. The van der Waals surface area contributed by atoms with Gasteiger partial charge in [-0.05, 0) is 20.3 Å². The van der Waals surface area contributed by atoms with Gasteiger partial charge in [-0.15, -0.1) is 11.3 Å². The number of amides is 1. The predicted molar refractivity (Wildman–Crippen MR) is 90.6 cm³/mol. The largest absolute Gasteiger partial charge is 0.382 e. The summed E-state index contributed by atoms with van der Waals surface area (Å²) >= 11 is 1.69. The van der Waals surface area contributed by atoms with E-state index in [2.05, 4.69) is 15.3 Å². The van der Waals surface area contributed by atoms with Crippen LogP contribution in [0.5, 0.6) is 0 Å². The average Bonchev–Trinajstić information content (AvgIpc) is 2.80. The Morgan fingerprint density at radius 1 is 1.35 bits per heavy atom. The SMILES string of the molecule is COCCOC(C)C(=O)N1CCCN(Cc2csc(C)n2)CC1. The molecule has 6 nitrogen and oxygen atoms in total. The van der Waals surface area contributed by atoms with Crippen LogP contribution in [0.15, 0.2) is 5.38 Å². The fourth-order valence-corrected chi connectivity index (χ4v) is 3.30. The quantitative estimate of drug-likeness (QED) is 0.704. The van der Waals surface area contributed by atoms with Crippen molar-refractivity contribution in [2.45, 2.75) is 32.9 Å². The van der Waals surface area contributed by atoms with E-state index in [4.69, 9.17) is 9.47 Å². The highest BCUT2D eigenvalue weighted by Gasteiger charge is 2.24. The van der Waals surface area contributed by atoms with Crippen LogP contribution in [0.2, 0.25) is 0 Å². The molecule has 130 valence electrons. The molecule has 0 radical (unpaired) electrons. The summed E-state index contributed by atoms with van der Waals surface area (Å²) in [6, 6.07) is 0. The normalized spacial score (nSPS) is 18.0. The number of methoxy groups -OCH3 is 1. The van der Waals surface area contributed by atoms with E-state index in [1.807, 2.05) is 18.7 Å². The van der Waals surface area contributed by atoms with Crippen molar-refractivity contribution in [2.24, 2.45) is 0 Å². The standard InChI is InChI=1S/C16H27N3O3S/c1-13(22-10-9-21-3)16(20)19-6-4-5-18(7-8-19)11-15-12-23-14(2)17-15/h12-13H,4-11H2,1-3H3. The molecule has 0 N–H and O–H groups in total. The smallest absolute Gasteiger partial charge is 0.251 e. The molecule has 2 heterocycles. The fraction of sp³-hybridized carbons (Fsp3) is 0.750. The minimum absolute atomic E-state index is 0.0763. The van der Waals surface area contributed by atoms with Crippen LogP contribution in [0.4, 0.5) is 0 Å². The van der Waals surface area contributed by atoms with Gasteiger partial charge < -0.3 is 14.4 Å². The summed E-state index contributed by atoms with van der Waals surface area (Å²) in [6.07, 6.45) is 0.581. The maximum Gasteiger partial charge on any atom is 0.251 e. The molecule has 1 fully saturated rings. The molecular formula is C16H27N3O3S. The summed E-state index contributed by atoms with van der Waals surface area (Å²) in [7, 11) is 1.63. The monoisotopic (exact) mass is 341 g/mol. The molecule has 1 aliphatic rings. The first-order valence-corrected chi connectivity index (χ1v) is 9.01. The van der Waals surface area contributed by atoms with E-state index in [9.17, 15) is 4.79 Å². The summed E-state index contributed by atoms with van der Waals surface area (Å²) in [4.78, 5) is 21.3. The fourth-order valence-electron chi connectivity index (χ4n) is 2.70. The van der Waals surface area contributed by atoms with Crippen LogP contribution in [-0.4, -0.2) is 73.3 Å². The second kappa shape index (κ2) is 9.32. The maximum atomic E-state index is 12.4. The van der Waals surface area contributed by atoms with E-state index < -0.39 is 6.10 Å². The van der Waals surface area contributed by atoms with Crippen molar-refractivity contribution in [1.29, 1.82) is 0 Å². The molecule has 0 spiro atoms. The molecule has 0 saturated carbocycles. The molecule has 1 amide bonds. The summed E-state index contributed by atoms with van der Waals surface area (Å²) in [6.45, 7) is 9.10. The van der Waals surface area contributed by atoms with Gasteiger partial charge in [-0.2, -0.15) is 0 Å². The number of ether oxygens (including phenoxy) is 2. The van der Waals surface area contributed by atoms with Crippen molar-refractivity contribution in [3.63, 3.8) is 0 Å². The van der Waals surface area contributed by atoms with Gasteiger partial charge in [0.1, 0.15) is 6.10 Å². The number of nitrogens with zero attached hydrogens (tertiary/aromatic N) is 3. The zero-order chi connectivity index (χ0) is 16.7. The van der Waals surface area contributed by atoms with Crippen LogP contribution in [0, 0.1) is 6.92 Å². The molecule has 1 saturated heterocycles. The lowest BCUT2D eigenvalue weighted by atomic mass is 10.3. The highest BCUT2D eigenvalue weighted by Crippen LogP contribution is 2.13. The van der Waals surface area contributed by atoms with Crippen LogP contribution >= 0.6 is 11.3 Å². The third kappa shape index (κ3) is 5.84. The minimum atomic E-state index is -0.405. The summed E-state index contributed by atoms with van der Waals surface area (Å²) < 4.78 is 10.5. The number of hydrogen-bond donors (Lipinski definition) is 0. The molecule has 1 atom stereocenters. The van der Waals surface area contributed by atoms with Crippen molar-refractivity contribution >= 4 is 17.2 Å². The number of aryl methyl sites for hydroxylation is 1. The third-order valence-electron chi connectivity index (χ3n) is 3.96. The molecule has 1 unspecified atom stereocenters. The second-order valence-electron chi connectivity index (χ2n) is 5.82. The van der Waals surface area contributed by atoms with E-state index in [1.165, 1.54) is 0 Å². The van der Waals surface area contributed by atoms with Crippen LogP contribution < -0.4 is 0 Å². The Morgan fingerprint density at radius 2 is 2.17 bits per heavy atom. The van der Waals surface area contributed by atoms with Crippen LogP contribution in [0.3, 0.4) is 0 Å². The zero-order valence-electron chi connectivity index (χ0n) is 14.3. The number of thiazole rings is 1. The first-order chi connectivity index (χ1) is 11.1. The first-order valence-electron chi connectivity index (χ1n) is 8.13. The van der Waals surface area contributed by atoms with Gasteiger partial charge in [0.25, 0.3) is 5.91 Å². The Labute approximate surface area is 142 Å². The molecule has 0 aliphatic carbocycles. The van der Waals surface area contributed by atoms with Crippen LogP contribution in [0.1, 0.15) is 24.0 Å². The number of hydrogen-bond acceptors (Lipinski definition) is 6. The highest BCUT2D eigenvalue weighted by atomic mass is 32.1. The van der Waals surface area contributed by atoms with Crippen molar-refractivity contribution < 1.29 is 14.3 Å². The minimum Gasteiger partial charge on any atom is -0.382 e. The third-order valence-corrected chi connectivity index (χ3v) is 4.78. The van der Waals surface area contributed by atoms with E-state index in [-0.39, 0.29) is 5.91 Å². The number of rotatable bonds is 7. The summed E-state index contributed by atoms with van der Waals surface area (Å²) in [5.41, 5.74) is 1.13. The average molecular weight is 341 g/mol. The zero-order valence-corrected chi connectivity index (χ0v) is 15.1. The molecule has 0 aromatic carbocycles. The summed E-state index contributed by atoms with van der Waals surface area (Å²) in [5, 5.41) is 3.23. The summed E-state index contributed by atoms with van der Waals surface area (Å²) in [5.74, 6) is 0.0763. The molecule has 2 rings (SSSR count). The lowest BCUT2D eigenvalue weighted by Crippen LogP contribution is -2.41. The molecule has 1 aliphatic heterocycles. The van der Waals surface area contributed by atoms with Gasteiger partial charge in [0.15, 0.2) is 0 Å². The molecule has 1 aromatic heterocycles. The van der Waals surface area contributed by atoms with Gasteiger partial charge in [-0.3, -0.25) is 9.69 Å². The van der Waals surface area contributed by atoms with Gasteiger partial charge in [0, 0.05) is 45.2 Å². The van der Waals surface area contributed by atoms with Gasteiger partial charge in [0.2, 0.25) is 0 Å². The van der Waals surface area contributed by atoms with E-state index in [0.717, 1.165) is 49.8 Å². The Kier molecular flexibility index (Phi) is 7.42. The van der Waals surface area contributed by atoms with Gasteiger partial charge in [-0.1, -0.05) is 0 Å². The first kappa shape index (κ1) is 18.3. The van der Waals surface area contributed by atoms with E-state index >= 15 is 0 Å². The highest BCUT2D eigenvalue weighted by molar-refractivity contribution is 7.09.